The van der Waals surface area contributed by atoms with Gasteiger partial charge in [-0.05, 0) is 18.4 Å². The molecule has 5 nitrogen and oxygen atoms in total. The van der Waals surface area contributed by atoms with Crippen LogP contribution in [0.5, 0.6) is 0 Å². The fourth-order valence-electron chi connectivity index (χ4n) is 2.84. The van der Waals surface area contributed by atoms with Gasteiger partial charge in [-0.25, -0.2) is 0 Å². The molecule has 1 fully saturated rings. The van der Waals surface area contributed by atoms with Crippen molar-refractivity contribution in [2.45, 2.75) is 39.3 Å². The number of piperazine rings is 1. The molecule has 2 unspecified atom stereocenters. The average Bonchev–Trinajstić information content (AvgIpc) is 2.52. The molecule has 1 aliphatic rings. The van der Waals surface area contributed by atoms with Crippen molar-refractivity contribution >= 4 is 24.2 Å². The van der Waals surface area contributed by atoms with E-state index in [4.69, 9.17) is 0 Å². The van der Waals surface area contributed by atoms with E-state index < -0.39 is 6.04 Å². The molecule has 0 radical (unpaired) electrons. The first-order valence-corrected chi connectivity index (χ1v) is 8.34. The predicted molar refractivity (Wildman–Crippen MR) is 98.1 cm³/mol. The van der Waals surface area contributed by atoms with Gasteiger partial charge in [-0.3, -0.25) is 9.59 Å². The molecule has 1 aromatic rings. The summed E-state index contributed by atoms with van der Waals surface area (Å²) in [6, 6.07) is 9.15. The van der Waals surface area contributed by atoms with Crippen LogP contribution >= 0.6 is 12.4 Å². The molecule has 2 atom stereocenters. The van der Waals surface area contributed by atoms with E-state index in [9.17, 15) is 9.59 Å². The smallest absolute Gasteiger partial charge is 0.249 e. The fraction of sp³-hybridized carbons (Fsp3) is 0.556. The second-order valence-corrected chi connectivity index (χ2v) is 6.65. The van der Waals surface area contributed by atoms with Crippen LogP contribution in [0.4, 0.5) is 0 Å². The Morgan fingerprint density at radius 1 is 1.29 bits per heavy atom. The second kappa shape index (κ2) is 9.64. The molecule has 0 spiro atoms. The first-order valence-electron chi connectivity index (χ1n) is 8.34. The number of amides is 2. The number of carbonyl (C=O) groups excluding carboxylic acids is 2. The molecule has 2 rings (SSSR count). The monoisotopic (exact) mass is 353 g/mol. The molecule has 6 heteroatoms. The summed E-state index contributed by atoms with van der Waals surface area (Å²) < 4.78 is 0. The first-order chi connectivity index (χ1) is 11.0. The minimum Gasteiger partial charge on any atom is -0.341 e. The lowest BCUT2D eigenvalue weighted by Crippen LogP contribution is -2.54. The van der Waals surface area contributed by atoms with Crippen LogP contribution in [0.2, 0.25) is 0 Å². The number of benzene rings is 1. The van der Waals surface area contributed by atoms with Crippen molar-refractivity contribution in [1.29, 1.82) is 0 Å². The third kappa shape index (κ3) is 5.80. The molecule has 1 aliphatic heterocycles. The van der Waals surface area contributed by atoms with Crippen LogP contribution in [-0.2, 0) is 9.59 Å². The van der Waals surface area contributed by atoms with Gasteiger partial charge >= 0.3 is 0 Å². The highest BCUT2D eigenvalue weighted by molar-refractivity contribution is 5.88. The summed E-state index contributed by atoms with van der Waals surface area (Å²) in [5.41, 5.74) is 0.834. The maximum absolute atomic E-state index is 12.9. The van der Waals surface area contributed by atoms with Crippen molar-refractivity contribution in [2.24, 2.45) is 5.92 Å². The van der Waals surface area contributed by atoms with Crippen molar-refractivity contribution in [3.8, 4) is 0 Å². The van der Waals surface area contributed by atoms with E-state index in [1.54, 1.807) is 0 Å². The fourth-order valence-corrected chi connectivity index (χ4v) is 2.84. The van der Waals surface area contributed by atoms with Crippen molar-refractivity contribution in [1.82, 2.24) is 15.5 Å². The number of halogens is 1. The Bertz CT molecular complexity index is 536. The minimum atomic E-state index is -0.604. The molecule has 0 saturated carbocycles. The molecule has 134 valence electrons. The van der Waals surface area contributed by atoms with E-state index in [1.807, 2.05) is 49.1 Å². The van der Waals surface area contributed by atoms with Crippen molar-refractivity contribution < 1.29 is 9.59 Å². The molecule has 1 aromatic carbocycles. The minimum absolute atomic E-state index is 0. The summed E-state index contributed by atoms with van der Waals surface area (Å²) in [5.74, 6) is 0.160. The highest BCUT2D eigenvalue weighted by Gasteiger charge is 2.29. The van der Waals surface area contributed by atoms with Gasteiger partial charge < -0.3 is 15.5 Å². The maximum atomic E-state index is 12.9. The van der Waals surface area contributed by atoms with Crippen molar-refractivity contribution in [3.63, 3.8) is 0 Å². The highest BCUT2D eigenvalue weighted by atomic mass is 35.5. The Morgan fingerprint density at radius 2 is 1.96 bits per heavy atom. The number of carbonyl (C=O) groups is 2. The second-order valence-electron chi connectivity index (χ2n) is 6.65. The Balaban J connectivity index is 0.00000288. The van der Waals surface area contributed by atoms with Gasteiger partial charge in [-0.2, -0.15) is 0 Å². The number of hydrogen-bond donors (Lipinski definition) is 2. The quantitative estimate of drug-likeness (QED) is 0.852. The summed E-state index contributed by atoms with van der Waals surface area (Å²) in [5, 5.41) is 6.26. The van der Waals surface area contributed by atoms with Crippen LogP contribution in [0.1, 0.15) is 38.8 Å². The average molecular weight is 354 g/mol. The number of hydrogen-bond acceptors (Lipinski definition) is 3. The van der Waals surface area contributed by atoms with Gasteiger partial charge in [0.1, 0.15) is 6.04 Å². The van der Waals surface area contributed by atoms with Gasteiger partial charge in [0.05, 0.1) is 0 Å². The molecular weight excluding hydrogens is 326 g/mol. The van der Waals surface area contributed by atoms with Gasteiger partial charge in [0, 0.05) is 32.1 Å². The van der Waals surface area contributed by atoms with Crippen LogP contribution in [0.3, 0.4) is 0 Å². The predicted octanol–water partition coefficient (Wildman–Crippen LogP) is 2.13. The van der Waals surface area contributed by atoms with Crippen molar-refractivity contribution in [3.05, 3.63) is 35.9 Å². The summed E-state index contributed by atoms with van der Waals surface area (Å²) in [4.78, 5) is 27.0. The molecule has 1 saturated heterocycles. The van der Waals surface area contributed by atoms with E-state index in [0.29, 0.717) is 19.5 Å². The van der Waals surface area contributed by atoms with Crippen LogP contribution in [0.25, 0.3) is 0 Å². The molecule has 0 aliphatic carbocycles. The van der Waals surface area contributed by atoms with E-state index in [2.05, 4.69) is 17.6 Å². The molecule has 2 N–H and O–H groups in total. The normalized spacial score (nSPS) is 18.7. The largest absolute Gasteiger partial charge is 0.341 e. The lowest BCUT2D eigenvalue weighted by atomic mass is 10.0. The van der Waals surface area contributed by atoms with Gasteiger partial charge in [0.15, 0.2) is 0 Å². The summed E-state index contributed by atoms with van der Waals surface area (Å²) in [7, 11) is 0. The summed E-state index contributed by atoms with van der Waals surface area (Å²) >= 11 is 0. The first kappa shape index (κ1) is 20.5. The van der Waals surface area contributed by atoms with Crippen LogP contribution in [0, 0.1) is 5.92 Å². The third-order valence-corrected chi connectivity index (χ3v) is 3.96. The van der Waals surface area contributed by atoms with Crippen LogP contribution in [-0.4, -0.2) is 42.4 Å². The van der Waals surface area contributed by atoms with E-state index in [0.717, 1.165) is 12.1 Å². The van der Waals surface area contributed by atoms with Gasteiger partial charge in [0.25, 0.3) is 0 Å². The molecule has 0 aromatic heterocycles. The highest BCUT2D eigenvalue weighted by Crippen LogP contribution is 2.18. The lowest BCUT2D eigenvalue weighted by molar-refractivity contribution is -0.137. The molecule has 1 heterocycles. The van der Waals surface area contributed by atoms with Crippen LogP contribution < -0.4 is 10.6 Å². The van der Waals surface area contributed by atoms with Gasteiger partial charge in [-0.15, -0.1) is 12.4 Å². The lowest BCUT2D eigenvalue weighted by Gasteiger charge is -2.34. The number of nitrogens with one attached hydrogen (secondary N) is 2. The van der Waals surface area contributed by atoms with Gasteiger partial charge in [0.2, 0.25) is 11.8 Å². The Hall–Kier alpha value is -1.59. The Kier molecular flexibility index (Phi) is 8.22. The zero-order valence-electron chi connectivity index (χ0n) is 14.6. The number of nitrogens with zero attached hydrogens (tertiary/aromatic N) is 1. The van der Waals surface area contributed by atoms with E-state index >= 15 is 0 Å². The zero-order chi connectivity index (χ0) is 16.8. The summed E-state index contributed by atoms with van der Waals surface area (Å²) in [6.45, 7) is 8.19. The van der Waals surface area contributed by atoms with Crippen molar-refractivity contribution in [2.75, 3.05) is 19.6 Å². The SMILES string of the molecule is CC(C)CC(=O)NC(C(=O)N1CCNC(C)C1)c1ccccc1.Cl. The Morgan fingerprint density at radius 3 is 2.54 bits per heavy atom. The topological polar surface area (TPSA) is 61.4 Å². The van der Waals surface area contributed by atoms with E-state index in [1.165, 1.54) is 0 Å². The van der Waals surface area contributed by atoms with Gasteiger partial charge in [-0.1, -0.05) is 44.2 Å². The molecule has 24 heavy (non-hydrogen) atoms. The Labute approximate surface area is 150 Å². The summed E-state index contributed by atoms with van der Waals surface area (Å²) in [6.07, 6.45) is 0.425. The maximum Gasteiger partial charge on any atom is 0.249 e. The third-order valence-electron chi connectivity index (χ3n) is 3.96. The molecule has 0 bridgehead atoms. The standard InChI is InChI=1S/C18H27N3O2.ClH/c1-13(2)11-16(22)20-17(15-7-5-4-6-8-15)18(23)21-10-9-19-14(3)12-21;/h4-8,13-14,17,19H,9-12H2,1-3H3,(H,20,22);1H. The zero-order valence-corrected chi connectivity index (χ0v) is 15.4. The van der Waals surface area contributed by atoms with Crippen LogP contribution in [0.15, 0.2) is 30.3 Å². The molecular formula is C18H28ClN3O2. The number of rotatable bonds is 5. The van der Waals surface area contributed by atoms with E-state index in [-0.39, 0.29) is 36.2 Å². The molecule has 2 amide bonds.